The molecule has 0 bridgehead atoms. The quantitative estimate of drug-likeness (QED) is 0.587. The van der Waals surface area contributed by atoms with Crippen LogP contribution in [0.5, 0.6) is 0 Å². The first-order chi connectivity index (χ1) is 11.9. The lowest BCUT2D eigenvalue weighted by molar-refractivity contribution is -0.146. The van der Waals surface area contributed by atoms with Crippen LogP contribution in [0.15, 0.2) is 23.4 Å². The Bertz CT molecular complexity index is 760. The van der Waals surface area contributed by atoms with Crippen LogP contribution in [0.1, 0.15) is 25.0 Å². The van der Waals surface area contributed by atoms with Crippen molar-refractivity contribution in [1.82, 2.24) is 25.5 Å². The second-order valence-electron chi connectivity index (χ2n) is 5.83. The fourth-order valence-corrected chi connectivity index (χ4v) is 2.72. The van der Waals surface area contributed by atoms with Gasteiger partial charge in [-0.25, -0.2) is 0 Å². The minimum Gasteiger partial charge on any atom is -0.455 e. The first kappa shape index (κ1) is 18.9. The standard InChI is InChI=1S/C16H21N5O3S/c1-10(2)17-14(22)8-24-15(23)9-25-16-18-19-20-21(16)13-7-11(3)5-6-12(13)4/h5-7,10H,8-9H2,1-4H3,(H,17,22). The van der Waals surface area contributed by atoms with Gasteiger partial charge < -0.3 is 10.1 Å². The third-order valence-corrected chi connectivity index (χ3v) is 4.06. The Morgan fingerprint density at radius 3 is 2.80 bits per heavy atom. The molecule has 8 nitrogen and oxygen atoms in total. The van der Waals surface area contributed by atoms with Gasteiger partial charge in [0.1, 0.15) is 0 Å². The molecule has 1 aromatic heterocycles. The van der Waals surface area contributed by atoms with Crippen molar-refractivity contribution in [3.8, 4) is 5.69 Å². The largest absolute Gasteiger partial charge is 0.455 e. The highest BCUT2D eigenvalue weighted by Crippen LogP contribution is 2.21. The Balaban J connectivity index is 1.94. The van der Waals surface area contributed by atoms with E-state index in [4.69, 9.17) is 4.74 Å². The summed E-state index contributed by atoms with van der Waals surface area (Å²) in [7, 11) is 0. The van der Waals surface area contributed by atoms with Crippen LogP contribution < -0.4 is 5.32 Å². The average Bonchev–Trinajstić information content (AvgIpc) is 3.01. The maximum atomic E-state index is 11.8. The maximum absolute atomic E-state index is 11.8. The van der Waals surface area contributed by atoms with Crippen LogP contribution in [-0.2, 0) is 14.3 Å². The third-order valence-electron chi connectivity index (χ3n) is 3.17. The summed E-state index contributed by atoms with van der Waals surface area (Å²) in [6.07, 6.45) is 0. The number of aryl methyl sites for hydroxylation is 2. The minimum atomic E-state index is -0.501. The van der Waals surface area contributed by atoms with E-state index in [1.807, 2.05) is 45.9 Å². The van der Waals surface area contributed by atoms with Crippen molar-refractivity contribution in [1.29, 1.82) is 0 Å². The number of nitrogens with one attached hydrogen (secondary N) is 1. The summed E-state index contributed by atoms with van der Waals surface area (Å²) in [6.45, 7) is 7.33. The predicted octanol–water partition coefficient (Wildman–Crippen LogP) is 1.44. The Morgan fingerprint density at radius 1 is 1.32 bits per heavy atom. The monoisotopic (exact) mass is 363 g/mol. The maximum Gasteiger partial charge on any atom is 0.316 e. The summed E-state index contributed by atoms with van der Waals surface area (Å²) in [5, 5.41) is 14.8. The van der Waals surface area contributed by atoms with E-state index in [-0.39, 0.29) is 24.3 Å². The SMILES string of the molecule is Cc1ccc(C)c(-n2nnnc2SCC(=O)OCC(=O)NC(C)C)c1. The lowest BCUT2D eigenvalue weighted by Crippen LogP contribution is -2.34. The van der Waals surface area contributed by atoms with Crippen molar-refractivity contribution in [2.24, 2.45) is 0 Å². The second-order valence-corrected chi connectivity index (χ2v) is 6.78. The number of ether oxygens (including phenoxy) is 1. The average molecular weight is 363 g/mol. The smallest absolute Gasteiger partial charge is 0.316 e. The van der Waals surface area contributed by atoms with Crippen molar-refractivity contribution in [2.75, 3.05) is 12.4 Å². The number of tetrazole rings is 1. The van der Waals surface area contributed by atoms with E-state index in [0.717, 1.165) is 28.6 Å². The van der Waals surface area contributed by atoms with E-state index in [1.165, 1.54) is 0 Å². The van der Waals surface area contributed by atoms with Gasteiger partial charge in [-0.15, -0.1) is 5.10 Å². The zero-order valence-electron chi connectivity index (χ0n) is 14.6. The number of carbonyl (C=O) groups excluding carboxylic acids is 2. The number of aromatic nitrogens is 4. The van der Waals surface area contributed by atoms with Crippen molar-refractivity contribution in [3.05, 3.63) is 29.3 Å². The van der Waals surface area contributed by atoms with Crippen LogP contribution in [-0.4, -0.2) is 50.5 Å². The molecule has 25 heavy (non-hydrogen) atoms. The number of esters is 1. The number of carbonyl (C=O) groups is 2. The van der Waals surface area contributed by atoms with Crippen LogP contribution in [0.2, 0.25) is 0 Å². The Morgan fingerprint density at radius 2 is 2.08 bits per heavy atom. The fraction of sp³-hybridized carbons (Fsp3) is 0.438. The Labute approximate surface area is 150 Å². The summed E-state index contributed by atoms with van der Waals surface area (Å²) >= 11 is 1.16. The highest BCUT2D eigenvalue weighted by molar-refractivity contribution is 7.99. The number of thioether (sulfide) groups is 1. The normalized spacial score (nSPS) is 10.8. The lowest BCUT2D eigenvalue weighted by atomic mass is 10.1. The van der Waals surface area contributed by atoms with Gasteiger partial charge in [0, 0.05) is 6.04 Å². The second kappa shape index (κ2) is 8.61. The first-order valence-corrected chi connectivity index (χ1v) is 8.79. The number of benzene rings is 1. The van der Waals surface area contributed by atoms with Crippen LogP contribution in [0.3, 0.4) is 0 Å². The summed E-state index contributed by atoms with van der Waals surface area (Å²) in [5.41, 5.74) is 2.97. The minimum absolute atomic E-state index is 0.00257. The fourth-order valence-electron chi connectivity index (χ4n) is 2.04. The number of hydrogen-bond acceptors (Lipinski definition) is 7. The number of nitrogens with zero attached hydrogens (tertiary/aromatic N) is 4. The molecule has 0 fully saturated rings. The molecule has 2 rings (SSSR count). The van der Waals surface area contributed by atoms with Gasteiger partial charge in [-0.3, -0.25) is 9.59 Å². The molecule has 9 heteroatoms. The summed E-state index contributed by atoms with van der Waals surface area (Å²) in [5.74, 6) is -0.812. The molecule has 1 amide bonds. The predicted molar refractivity (Wildman–Crippen MR) is 93.6 cm³/mol. The molecule has 1 N–H and O–H groups in total. The van der Waals surface area contributed by atoms with Gasteiger partial charge in [-0.05, 0) is 55.3 Å². The van der Waals surface area contributed by atoms with Gasteiger partial charge in [-0.1, -0.05) is 23.9 Å². The van der Waals surface area contributed by atoms with Crippen LogP contribution in [0.4, 0.5) is 0 Å². The molecule has 0 aliphatic rings. The Kier molecular flexibility index (Phi) is 6.51. The molecule has 1 heterocycles. The van der Waals surface area contributed by atoms with E-state index >= 15 is 0 Å². The molecule has 0 unspecified atom stereocenters. The van der Waals surface area contributed by atoms with Gasteiger partial charge in [0.05, 0.1) is 11.4 Å². The van der Waals surface area contributed by atoms with Crippen molar-refractivity contribution < 1.29 is 14.3 Å². The zero-order valence-corrected chi connectivity index (χ0v) is 15.5. The van der Waals surface area contributed by atoms with Gasteiger partial charge in [0.2, 0.25) is 5.16 Å². The topological polar surface area (TPSA) is 99.0 Å². The van der Waals surface area contributed by atoms with E-state index < -0.39 is 5.97 Å². The molecule has 0 radical (unpaired) electrons. The Hall–Kier alpha value is -2.42. The molecular weight excluding hydrogens is 342 g/mol. The van der Waals surface area contributed by atoms with E-state index in [0.29, 0.717) is 5.16 Å². The van der Waals surface area contributed by atoms with Crippen LogP contribution >= 0.6 is 11.8 Å². The van der Waals surface area contributed by atoms with E-state index in [1.54, 1.807) is 4.68 Å². The van der Waals surface area contributed by atoms with Crippen LogP contribution in [0.25, 0.3) is 5.69 Å². The van der Waals surface area contributed by atoms with Crippen molar-refractivity contribution in [3.63, 3.8) is 0 Å². The molecule has 1 aromatic carbocycles. The molecule has 2 aromatic rings. The molecule has 0 atom stereocenters. The molecule has 0 aliphatic heterocycles. The lowest BCUT2D eigenvalue weighted by Gasteiger charge is -2.09. The molecule has 0 saturated carbocycles. The third kappa shape index (κ3) is 5.56. The summed E-state index contributed by atoms with van der Waals surface area (Å²) in [4.78, 5) is 23.3. The van der Waals surface area contributed by atoms with Gasteiger partial charge >= 0.3 is 5.97 Å². The number of amides is 1. The molecule has 0 spiro atoms. The number of rotatable bonds is 7. The van der Waals surface area contributed by atoms with Crippen molar-refractivity contribution >= 4 is 23.6 Å². The first-order valence-electron chi connectivity index (χ1n) is 7.80. The summed E-state index contributed by atoms with van der Waals surface area (Å²) in [6, 6.07) is 5.98. The number of hydrogen-bond donors (Lipinski definition) is 1. The molecular formula is C16H21N5O3S. The molecule has 0 saturated heterocycles. The zero-order chi connectivity index (χ0) is 18.4. The van der Waals surface area contributed by atoms with Crippen molar-refractivity contribution in [2.45, 2.75) is 38.9 Å². The van der Waals surface area contributed by atoms with E-state index in [2.05, 4.69) is 20.8 Å². The molecule has 134 valence electrons. The van der Waals surface area contributed by atoms with E-state index in [9.17, 15) is 9.59 Å². The summed E-state index contributed by atoms with van der Waals surface area (Å²) < 4.78 is 6.53. The highest BCUT2D eigenvalue weighted by Gasteiger charge is 2.15. The van der Waals surface area contributed by atoms with Crippen LogP contribution in [0, 0.1) is 13.8 Å². The highest BCUT2D eigenvalue weighted by atomic mass is 32.2. The van der Waals surface area contributed by atoms with Gasteiger partial charge in [-0.2, -0.15) is 4.68 Å². The van der Waals surface area contributed by atoms with Gasteiger partial charge in [0.15, 0.2) is 6.61 Å². The van der Waals surface area contributed by atoms with Gasteiger partial charge in [0.25, 0.3) is 5.91 Å². The molecule has 0 aliphatic carbocycles.